The van der Waals surface area contributed by atoms with E-state index in [9.17, 15) is 8.42 Å². The molecule has 2 atom stereocenters. The summed E-state index contributed by atoms with van der Waals surface area (Å²) in [6.07, 6.45) is 4.25. The van der Waals surface area contributed by atoms with E-state index >= 15 is 0 Å². The second-order valence-corrected chi connectivity index (χ2v) is 5.82. The van der Waals surface area contributed by atoms with E-state index in [1.807, 2.05) is 6.08 Å². The van der Waals surface area contributed by atoms with E-state index in [0.717, 1.165) is 0 Å². The van der Waals surface area contributed by atoms with Gasteiger partial charge in [0.25, 0.3) is 0 Å². The maximum atomic E-state index is 12.0. The highest BCUT2D eigenvalue weighted by molar-refractivity contribution is 7.89. The molecule has 0 saturated carbocycles. The fourth-order valence-corrected chi connectivity index (χ4v) is 3.09. The van der Waals surface area contributed by atoms with E-state index in [2.05, 4.69) is 4.72 Å². The second-order valence-electron chi connectivity index (χ2n) is 4.10. The zero-order chi connectivity index (χ0) is 12.3. The van der Waals surface area contributed by atoms with Crippen molar-refractivity contribution in [2.24, 2.45) is 5.92 Å². The summed E-state index contributed by atoms with van der Waals surface area (Å²) in [7, 11) is -3.46. The fourth-order valence-electron chi connectivity index (χ4n) is 1.86. The number of sulfonamides is 1. The third-order valence-electron chi connectivity index (χ3n) is 2.77. The SMILES string of the molecule is O=S(=O)(N[C@H]1C=C[C@@H](CO)C1)c1ccccc1. The normalized spacial score (nSPS) is 24.1. The Bertz CT molecular complexity index is 496. The zero-order valence-electron chi connectivity index (χ0n) is 9.28. The minimum absolute atomic E-state index is 0.0541. The fraction of sp³-hybridized carbons (Fsp3) is 0.333. The molecule has 92 valence electrons. The molecule has 0 fully saturated rings. The molecular formula is C12H15NO3S. The van der Waals surface area contributed by atoms with E-state index < -0.39 is 10.0 Å². The van der Waals surface area contributed by atoms with Crippen LogP contribution in [0.4, 0.5) is 0 Å². The van der Waals surface area contributed by atoms with Gasteiger partial charge in [0.15, 0.2) is 0 Å². The largest absolute Gasteiger partial charge is 0.396 e. The predicted molar refractivity (Wildman–Crippen MR) is 64.9 cm³/mol. The van der Waals surface area contributed by atoms with Gasteiger partial charge in [0.05, 0.1) is 4.90 Å². The Morgan fingerprint density at radius 3 is 2.53 bits per heavy atom. The van der Waals surface area contributed by atoms with Crippen molar-refractivity contribution in [2.45, 2.75) is 17.4 Å². The van der Waals surface area contributed by atoms with Crippen molar-refractivity contribution in [1.82, 2.24) is 4.72 Å². The van der Waals surface area contributed by atoms with Crippen molar-refractivity contribution in [2.75, 3.05) is 6.61 Å². The summed E-state index contributed by atoms with van der Waals surface area (Å²) in [5.41, 5.74) is 0. The lowest BCUT2D eigenvalue weighted by molar-refractivity contribution is 0.248. The van der Waals surface area contributed by atoms with Gasteiger partial charge < -0.3 is 5.11 Å². The van der Waals surface area contributed by atoms with Crippen LogP contribution in [0, 0.1) is 5.92 Å². The number of nitrogens with one attached hydrogen (secondary N) is 1. The first kappa shape index (κ1) is 12.3. The summed E-state index contributed by atoms with van der Waals surface area (Å²) in [4.78, 5) is 0.265. The molecule has 0 heterocycles. The Labute approximate surface area is 101 Å². The molecule has 4 nitrogen and oxygen atoms in total. The molecule has 0 bridgehead atoms. The van der Waals surface area contributed by atoms with Crippen LogP contribution in [0.2, 0.25) is 0 Å². The smallest absolute Gasteiger partial charge is 0.241 e. The first-order chi connectivity index (χ1) is 8.12. The van der Waals surface area contributed by atoms with Crippen molar-refractivity contribution in [3.63, 3.8) is 0 Å². The molecule has 2 N–H and O–H groups in total. The highest BCUT2D eigenvalue weighted by Gasteiger charge is 2.23. The number of benzene rings is 1. The van der Waals surface area contributed by atoms with Crippen molar-refractivity contribution >= 4 is 10.0 Å². The van der Waals surface area contributed by atoms with Gasteiger partial charge in [-0.05, 0) is 18.6 Å². The summed E-state index contributed by atoms with van der Waals surface area (Å²) in [5.74, 6) is 0.0541. The lowest BCUT2D eigenvalue weighted by atomic mass is 10.1. The Morgan fingerprint density at radius 2 is 1.94 bits per heavy atom. The van der Waals surface area contributed by atoms with Crippen LogP contribution in [0.1, 0.15) is 6.42 Å². The maximum Gasteiger partial charge on any atom is 0.241 e. The van der Waals surface area contributed by atoms with Crippen molar-refractivity contribution < 1.29 is 13.5 Å². The van der Waals surface area contributed by atoms with Crippen LogP contribution in [-0.4, -0.2) is 26.2 Å². The van der Waals surface area contributed by atoms with Gasteiger partial charge in [-0.1, -0.05) is 30.4 Å². The van der Waals surface area contributed by atoms with Crippen molar-refractivity contribution in [3.05, 3.63) is 42.5 Å². The minimum Gasteiger partial charge on any atom is -0.396 e. The number of hydrogen-bond donors (Lipinski definition) is 2. The third kappa shape index (κ3) is 2.94. The Balaban J connectivity index is 2.07. The van der Waals surface area contributed by atoms with Gasteiger partial charge in [0, 0.05) is 18.6 Å². The molecule has 0 aliphatic heterocycles. The summed E-state index contributed by atoms with van der Waals surface area (Å²) >= 11 is 0. The van der Waals surface area contributed by atoms with Gasteiger partial charge in [0.1, 0.15) is 0 Å². The van der Waals surface area contributed by atoms with E-state index in [1.165, 1.54) is 0 Å². The number of aliphatic hydroxyl groups is 1. The molecule has 2 rings (SSSR count). The number of hydrogen-bond acceptors (Lipinski definition) is 3. The summed E-state index contributed by atoms with van der Waals surface area (Å²) < 4.78 is 26.6. The lowest BCUT2D eigenvalue weighted by Crippen LogP contribution is -2.32. The van der Waals surface area contributed by atoms with Gasteiger partial charge in [0.2, 0.25) is 10.0 Å². The molecule has 0 aromatic heterocycles. The van der Waals surface area contributed by atoms with Crippen LogP contribution < -0.4 is 4.72 Å². The van der Waals surface area contributed by atoms with E-state index in [1.54, 1.807) is 36.4 Å². The van der Waals surface area contributed by atoms with E-state index in [0.29, 0.717) is 6.42 Å². The van der Waals surface area contributed by atoms with Crippen LogP contribution in [0.5, 0.6) is 0 Å². The van der Waals surface area contributed by atoms with Crippen LogP contribution >= 0.6 is 0 Å². The van der Waals surface area contributed by atoms with Crippen molar-refractivity contribution in [3.8, 4) is 0 Å². The van der Waals surface area contributed by atoms with Crippen LogP contribution in [0.25, 0.3) is 0 Å². The lowest BCUT2D eigenvalue weighted by Gasteiger charge is -2.13. The average molecular weight is 253 g/mol. The number of aliphatic hydroxyl groups excluding tert-OH is 1. The van der Waals surface area contributed by atoms with Gasteiger partial charge in [-0.3, -0.25) is 0 Å². The molecule has 0 saturated heterocycles. The maximum absolute atomic E-state index is 12.0. The molecule has 0 spiro atoms. The van der Waals surface area contributed by atoms with Gasteiger partial charge in [-0.15, -0.1) is 0 Å². The zero-order valence-corrected chi connectivity index (χ0v) is 10.1. The monoisotopic (exact) mass is 253 g/mol. The van der Waals surface area contributed by atoms with Crippen molar-refractivity contribution in [1.29, 1.82) is 0 Å². The van der Waals surface area contributed by atoms with Crippen LogP contribution in [0.15, 0.2) is 47.4 Å². The van der Waals surface area contributed by atoms with Crippen LogP contribution in [-0.2, 0) is 10.0 Å². The standard InChI is InChI=1S/C12H15NO3S/c14-9-10-6-7-11(8-10)13-17(15,16)12-4-2-1-3-5-12/h1-7,10-11,13-14H,8-9H2/t10-,11+/m1/s1. The topological polar surface area (TPSA) is 66.4 Å². The molecular weight excluding hydrogens is 238 g/mol. The Hall–Kier alpha value is -1.17. The molecule has 5 heteroatoms. The molecule has 1 aliphatic rings. The molecule has 1 aromatic rings. The summed E-state index contributed by atoms with van der Waals surface area (Å²) in [5, 5.41) is 8.97. The van der Waals surface area contributed by atoms with E-state index in [4.69, 9.17) is 5.11 Å². The first-order valence-electron chi connectivity index (χ1n) is 5.48. The summed E-state index contributed by atoms with van der Waals surface area (Å²) in [6, 6.07) is 8.05. The molecule has 1 aromatic carbocycles. The predicted octanol–water partition coefficient (Wildman–Crippen LogP) is 0.902. The Kier molecular flexibility index (Phi) is 3.61. The highest BCUT2D eigenvalue weighted by atomic mass is 32.2. The van der Waals surface area contributed by atoms with Gasteiger partial charge in [-0.25, -0.2) is 13.1 Å². The molecule has 1 aliphatic carbocycles. The number of rotatable bonds is 4. The van der Waals surface area contributed by atoms with Crippen LogP contribution in [0.3, 0.4) is 0 Å². The Morgan fingerprint density at radius 1 is 1.24 bits per heavy atom. The van der Waals surface area contributed by atoms with Gasteiger partial charge >= 0.3 is 0 Å². The van der Waals surface area contributed by atoms with Gasteiger partial charge in [-0.2, -0.15) is 0 Å². The minimum atomic E-state index is -3.46. The summed E-state index contributed by atoms with van der Waals surface area (Å²) in [6.45, 7) is 0.0556. The average Bonchev–Trinajstić information content (AvgIpc) is 2.77. The highest BCUT2D eigenvalue weighted by Crippen LogP contribution is 2.19. The first-order valence-corrected chi connectivity index (χ1v) is 6.97. The quantitative estimate of drug-likeness (QED) is 0.784. The molecule has 0 radical (unpaired) electrons. The molecule has 0 amide bonds. The molecule has 17 heavy (non-hydrogen) atoms. The van der Waals surface area contributed by atoms with E-state index in [-0.39, 0.29) is 23.5 Å². The molecule has 0 unspecified atom stereocenters. The second kappa shape index (κ2) is 5.00. The third-order valence-corrected chi connectivity index (χ3v) is 4.27.